The van der Waals surface area contributed by atoms with Gasteiger partial charge in [-0.25, -0.2) is 0 Å². The van der Waals surface area contributed by atoms with E-state index in [2.05, 4.69) is 5.32 Å². The zero-order valence-electron chi connectivity index (χ0n) is 13.4. The van der Waals surface area contributed by atoms with Gasteiger partial charge in [-0.15, -0.1) is 0 Å². The Morgan fingerprint density at radius 3 is 2.52 bits per heavy atom. The molecule has 0 spiro atoms. The minimum atomic E-state index is -0.614. The van der Waals surface area contributed by atoms with Gasteiger partial charge in [-0.3, -0.25) is 9.59 Å². The van der Waals surface area contributed by atoms with E-state index in [4.69, 9.17) is 0 Å². The molecule has 0 radical (unpaired) electrons. The molecule has 0 aromatic heterocycles. The van der Waals surface area contributed by atoms with Gasteiger partial charge in [0.1, 0.15) is 5.92 Å². The summed E-state index contributed by atoms with van der Waals surface area (Å²) in [6, 6.07) is 15.3. The van der Waals surface area contributed by atoms with Crippen molar-refractivity contribution in [1.82, 2.24) is 0 Å². The van der Waals surface area contributed by atoms with Gasteiger partial charge in [0, 0.05) is 17.9 Å². The molecule has 0 bridgehead atoms. The standard InChI is InChI=1S/C19H20N2O2/c1-13-8-9-15(12-14(13)2)20-18(22)17-10-11-21(19(17)23)16-6-4-3-5-7-16/h3-9,12,17H,10-11H2,1-2H3,(H,20,22). The van der Waals surface area contributed by atoms with E-state index in [9.17, 15) is 9.59 Å². The molecule has 118 valence electrons. The third kappa shape index (κ3) is 3.11. The van der Waals surface area contributed by atoms with E-state index in [-0.39, 0.29) is 11.8 Å². The first-order valence-electron chi connectivity index (χ1n) is 7.81. The van der Waals surface area contributed by atoms with E-state index in [1.54, 1.807) is 4.90 Å². The van der Waals surface area contributed by atoms with E-state index in [1.165, 1.54) is 5.56 Å². The summed E-state index contributed by atoms with van der Waals surface area (Å²) in [6.07, 6.45) is 0.546. The summed E-state index contributed by atoms with van der Waals surface area (Å²) in [5.74, 6) is -0.967. The Labute approximate surface area is 136 Å². The van der Waals surface area contributed by atoms with Crippen LogP contribution in [0.5, 0.6) is 0 Å². The fourth-order valence-electron chi connectivity index (χ4n) is 2.84. The summed E-state index contributed by atoms with van der Waals surface area (Å²) in [7, 11) is 0. The minimum absolute atomic E-state index is 0.127. The van der Waals surface area contributed by atoms with Gasteiger partial charge >= 0.3 is 0 Å². The molecule has 2 aromatic carbocycles. The minimum Gasteiger partial charge on any atom is -0.325 e. The fraction of sp³-hybridized carbons (Fsp3) is 0.263. The summed E-state index contributed by atoms with van der Waals surface area (Å²) in [5, 5.41) is 2.87. The first kappa shape index (κ1) is 15.3. The largest absolute Gasteiger partial charge is 0.325 e. The number of nitrogens with zero attached hydrogens (tertiary/aromatic N) is 1. The van der Waals surface area contributed by atoms with Crippen molar-refractivity contribution in [3.63, 3.8) is 0 Å². The monoisotopic (exact) mass is 308 g/mol. The Balaban J connectivity index is 1.71. The maximum absolute atomic E-state index is 12.5. The van der Waals surface area contributed by atoms with Crippen LogP contribution in [0.3, 0.4) is 0 Å². The maximum Gasteiger partial charge on any atom is 0.239 e. The zero-order valence-corrected chi connectivity index (χ0v) is 13.4. The molecule has 1 atom stereocenters. The predicted octanol–water partition coefficient (Wildman–Crippen LogP) is 3.30. The molecular weight excluding hydrogens is 288 g/mol. The highest BCUT2D eigenvalue weighted by Crippen LogP contribution is 2.26. The average Bonchev–Trinajstić information content (AvgIpc) is 2.93. The van der Waals surface area contributed by atoms with Crippen LogP contribution in [0.4, 0.5) is 11.4 Å². The lowest BCUT2D eigenvalue weighted by atomic mass is 10.1. The first-order chi connectivity index (χ1) is 11.1. The van der Waals surface area contributed by atoms with Gasteiger partial charge in [0.25, 0.3) is 0 Å². The molecule has 2 aromatic rings. The third-order valence-corrected chi connectivity index (χ3v) is 4.36. The van der Waals surface area contributed by atoms with Crippen molar-refractivity contribution in [3.05, 3.63) is 59.7 Å². The fourth-order valence-corrected chi connectivity index (χ4v) is 2.84. The molecule has 0 saturated carbocycles. The predicted molar refractivity (Wildman–Crippen MR) is 91.4 cm³/mol. The number of rotatable bonds is 3. The third-order valence-electron chi connectivity index (χ3n) is 4.36. The molecule has 1 heterocycles. The number of benzene rings is 2. The van der Waals surface area contributed by atoms with E-state index < -0.39 is 5.92 Å². The van der Waals surface area contributed by atoms with Crippen LogP contribution >= 0.6 is 0 Å². The number of para-hydroxylation sites is 1. The molecule has 4 nitrogen and oxygen atoms in total. The molecule has 1 unspecified atom stereocenters. The van der Waals surface area contributed by atoms with Crippen LogP contribution in [0.15, 0.2) is 48.5 Å². The van der Waals surface area contributed by atoms with Crippen molar-refractivity contribution in [2.24, 2.45) is 5.92 Å². The van der Waals surface area contributed by atoms with Crippen molar-refractivity contribution in [1.29, 1.82) is 0 Å². The summed E-state index contributed by atoms with van der Waals surface area (Å²) in [5.41, 5.74) is 3.88. The van der Waals surface area contributed by atoms with Gasteiger partial charge in [-0.1, -0.05) is 24.3 Å². The number of carbonyl (C=O) groups is 2. The Bertz CT molecular complexity index is 740. The molecular formula is C19H20N2O2. The SMILES string of the molecule is Cc1ccc(NC(=O)C2CCN(c3ccccc3)C2=O)cc1C. The molecule has 2 amide bonds. The maximum atomic E-state index is 12.5. The average molecular weight is 308 g/mol. The molecule has 4 heteroatoms. The van der Waals surface area contributed by atoms with Crippen LogP contribution in [0, 0.1) is 19.8 Å². The summed E-state index contributed by atoms with van der Waals surface area (Å²) < 4.78 is 0. The van der Waals surface area contributed by atoms with Gasteiger partial charge in [-0.2, -0.15) is 0 Å². The first-order valence-corrected chi connectivity index (χ1v) is 7.81. The van der Waals surface area contributed by atoms with Crippen molar-refractivity contribution in [3.8, 4) is 0 Å². The highest BCUT2D eigenvalue weighted by atomic mass is 16.2. The second-order valence-electron chi connectivity index (χ2n) is 5.95. The number of nitrogens with one attached hydrogen (secondary N) is 1. The summed E-state index contributed by atoms with van der Waals surface area (Å²) in [4.78, 5) is 26.6. The molecule has 0 aliphatic carbocycles. The van der Waals surface area contributed by atoms with Crippen molar-refractivity contribution in [2.45, 2.75) is 20.3 Å². The second-order valence-corrected chi connectivity index (χ2v) is 5.95. The van der Waals surface area contributed by atoms with Crippen LogP contribution < -0.4 is 10.2 Å². The van der Waals surface area contributed by atoms with E-state index >= 15 is 0 Å². The van der Waals surface area contributed by atoms with Crippen LogP contribution in [0.25, 0.3) is 0 Å². The smallest absolute Gasteiger partial charge is 0.239 e. The molecule has 1 N–H and O–H groups in total. The van der Waals surface area contributed by atoms with Crippen molar-refractivity contribution in [2.75, 3.05) is 16.8 Å². The lowest BCUT2D eigenvalue weighted by molar-refractivity contribution is -0.129. The summed E-state index contributed by atoms with van der Waals surface area (Å²) >= 11 is 0. The molecule has 3 rings (SSSR count). The van der Waals surface area contributed by atoms with Gasteiger partial charge in [0.05, 0.1) is 0 Å². The van der Waals surface area contributed by atoms with Gasteiger partial charge < -0.3 is 10.2 Å². The van der Waals surface area contributed by atoms with Gasteiger partial charge in [-0.05, 0) is 55.7 Å². The highest BCUT2D eigenvalue weighted by molar-refractivity contribution is 6.13. The van der Waals surface area contributed by atoms with Crippen LogP contribution in [-0.2, 0) is 9.59 Å². The normalized spacial score (nSPS) is 17.4. The van der Waals surface area contributed by atoms with Gasteiger partial charge in [0.15, 0.2) is 0 Å². The van der Waals surface area contributed by atoms with Crippen LogP contribution in [0.2, 0.25) is 0 Å². The molecule has 1 aliphatic heterocycles. The quantitative estimate of drug-likeness (QED) is 0.885. The number of hydrogen-bond donors (Lipinski definition) is 1. The van der Waals surface area contributed by atoms with Crippen molar-refractivity contribution >= 4 is 23.2 Å². The van der Waals surface area contributed by atoms with Crippen molar-refractivity contribution < 1.29 is 9.59 Å². The Hall–Kier alpha value is -2.62. The van der Waals surface area contributed by atoms with E-state index in [0.717, 1.165) is 16.9 Å². The Morgan fingerprint density at radius 1 is 1.09 bits per heavy atom. The topological polar surface area (TPSA) is 49.4 Å². The zero-order chi connectivity index (χ0) is 16.4. The lowest BCUT2D eigenvalue weighted by Gasteiger charge is -2.16. The van der Waals surface area contributed by atoms with Crippen LogP contribution in [-0.4, -0.2) is 18.4 Å². The second kappa shape index (κ2) is 6.24. The Kier molecular flexibility index (Phi) is 4.15. The number of carbonyl (C=O) groups excluding carboxylic acids is 2. The van der Waals surface area contributed by atoms with Gasteiger partial charge in [0.2, 0.25) is 11.8 Å². The van der Waals surface area contributed by atoms with E-state index in [0.29, 0.717) is 13.0 Å². The number of anilines is 2. The highest BCUT2D eigenvalue weighted by Gasteiger charge is 2.37. The number of amides is 2. The summed E-state index contributed by atoms with van der Waals surface area (Å²) in [6.45, 7) is 4.61. The lowest BCUT2D eigenvalue weighted by Crippen LogP contribution is -2.33. The molecule has 1 fully saturated rings. The van der Waals surface area contributed by atoms with Crippen LogP contribution in [0.1, 0.15) is 17.5 Å². The molecule has 1 saturated heterocycles. The Morgan fingerprint density at radius 2 is 1.83 bits per heavy atom. The molecule has 1 aliphatic rings. The number of aryl methyl sites for hydroxylation is 2. The number of hydrogen-bond acceptors (Lipinski definition) is 2. The molecule has 23 heavy (non-hydrogen) atoms. The van der Waals surface area contributed by atoms with E-state index in [1.807, 2.05) is 62.4 Å².